The van der Waals surface area contributed by atoms with Crippen LogP contribution in [0.15, 0.2) is 0 Å². The largest absolute Gasteiger partial charge is 0.387 e. The zero-order valence-corrected chi connectivity index (χ0v) is 64.5. The molecule has 0 aromatic carbocycles. The van der Waals surface area contributed by atoms with Gasteiger partial charge in [-0.3, -0.25) is 0 Å². The fourth-order valence-electron chi connectivity index (χ4n) is 12.7. The Labute approximate surface area is 614 Å². The molecule has 21 aliphatic heterocycles. The van der Waals surface area contributed by atoms with E-state index in [1.165, 1.54) is 0 Å². The van der Waals surface area contributed by atoms with Crippen LogP contribution in [0.3, 0.4) is 0 Å². The quantitative estimate of drug-likeness (QED) is 0.0857. The van der Waals surface area contributed by atoms with Gasteiger partial charge in [-0.1, -0.05) is 0 Å². The zero-order chi connectivity index (χ0) is 78.5. The molecule has 21 saturated heterocycles. The van der Waals surface area contributed by atoms with Crippen molar-refractivity contribution in [1.29, 1.82) is 0 Å². The topological polar surface area (TPSA) is 477 Å². The van der Waals surface area contributed by atoms with E-state index >= 15 is 0 Å². The Morgan fingerprint density at radius 3 is 0.343 bits per heavy atom. The Kier molecular flexibility index (Phi) is 29.8. The third-order valence-electron chi connectivity index (χ3n) is 18.3. The van der Waals surface area contributed by atoms with Gasteiger partial charge in [0.1, 0.15) is 171 Å². The van der Waals surface area contributed by atoms with E-state index < -0.39 is 300 Å². The maximum Gasteiger partial charge on any atom is 0.187 e. The molecule has 35 nitrogen and oxygen atoms in total. The highest BCUT2D eigenvalue weighted by Gasteiger charge is 2.61. The Balaban J connectivity index is 1.22. The van der Waals surface area contributed by atoms with E-state index in [0.29, 0.717) is 0 Å². The Hall–Kier alpha value is -1.40. The summed E-state index contributed by atoms with van der Waals surface area (Å²) in [6, 6.07) is 0. The van der Waals surface area contributed by atoms with Crippen LogP contribution < -0.4 is 0 Å². The van der Waals surface area contributed by atoms with Crippen LogP contribution in [0.4, 0.5) is 0 Å². The number of rotatable bonds is 14. The first-order chi connectivity index (χ1) is 48.2. The molecule has 14 N–H and O–H groups in total. The van der Waals surface area contributed by atoms with Gasteiger partial charge in [-0.2, -0.15) is 0 Å². The smallest absolute Gasteiger partial charge is 0.187 e. The molecule has 616 valence electrons. The lowest BCUT2D eigenvalue weighted by Crippen LogP contribution is -2.68. The van der Waals surface area contributed by atoms with Gasteiger partial charge in [-0.25, -0.2) is 0 Å². The van der Waals surface area contributed by atoms with Crippen LogP contribution >= 0.6 is 0 Å². The zero-order valence-electron chi connectivity index (χ0n) is 64.5. The van der Waals surface area contributed by atoms with Gasteiger partial charge in [0.25, 0.3) is 0 Å². The molecular weight excluding hydrogens is 1400 g/mol. The molecule has 21 aliphatic rings. The highest BCUT2D eigenvalue weighted by Crippen LogP contribution is 2.41. The minimum absolute atomic E-state index is 0.421. The average Bonchev–Trinajstić information content (AvgIpc) is 0.789. The van der Waals surface area contributed by atoms with Gasteiger partial charge in [0.05, 0.1) is 85.5 Å². The highest BCUT2D eigenvalue weighted by atomic mass is 16.8. The summed E-state index contributed by atoms with van der Waals surface area (Å²) in [4.78, 5) is 0. The summed E-state index contributed by atoms with van der Waals surface area (Å²) in [5.74, 6) is 0. The van der Waals surface area contributed by atoms with Crippen molar-refractivity contribution < 1.29 is 171 Å². The Bertz CT molecular complexity index is 2150. The molecule has 14 bridgehead atoms. The van der Waals surface area contributed by atoms with E-state index in [9.17, 15) is 71.5 Å². The maximum absolute atomic E-state index is 12.3. The second-order valence-electron chi connectivity index (χ2n) is 35.3. The predicted molar refractivity (Wildman–Crippen MR) is 359 cm³/mol. The van der Waals surface area contributed by atoms with Crippen molar-refractivity contribution in [2.24, 2.45) is 0 Å². The molecule has 21 fully saturated rings. The van der Waals surface area contributed by atoms with Crippen LogP contribution in [0.5, 0.6) is 0 Å². The molecule has 0 amide bonds. The summed E-state index contributed by atoms with van der Waals surface area (Å²) in [6.45, 7) is 33.2. The van der Waals surface area contributed by atoms with Gasteiger partial charge in [0.15, 0.2) is 44.0 Å². The SMILES string of the molecule is CC(C)(C)OC[C@H]1O[C@@H]2O[C@H]3[C@H](O)[C@@H](O)[C@@H](O[C@H]4[C@H](O)[C@@H](O)[C@@H](O[C@H]5[C@H](O)[C@@H](O)[C@@H](O[C@H]6[C@H](O)[C@@H](O)[C@@H](O[C@H]7[C@H](O)[C@@H](O)[C@@H](O[C@H]8[C@H](O)[C@@H](O)[C@@H](O[C@H]1[C@H](O)[C@H]2O)O[C@@H]8COC(C)(C)C)O[C@@H]7COC(C)(C)C)O[C@@H]6COC(C)(C)C)O[C@@H]5COC(C)(C)C)O[C@@H]4COC(C)(C)C)O[C@@H]3COC(C)(C)C. The van der Waals surface area contributed by atoms with E-state index in [-0.39, 0.29) is 0 Å². The van der Waals surface area contributed by atoms with Crippen LogP contribution in [0, 0.1) is 0 Å². The van der Waals surface area contributed by atoms with Gasteiger partial charge >= 0.3 is 0 Å². The third kappa shape index (κ3) is 23.9. The summed E-state index contributed by atoms with van der Waals surface area (Å²) in [6.07, 6.45) is -64.8. The van der Waals surface area contributed by atoms with Crippen molar-refractivity contribution in [3.05, 3.63) is 0 Å². The Morgan fingerprint density at radius 1 is 0.162 bits per heavy atom. The fourth-order valence-corrected chi connectivity index (χ4v) is 12.7. The van der Waals surface area contributed by atoms with Gasteiger partial charge in [0, 0.05) is 0 Å². The highest BCUT2D eigenvalue weighted by molar-refractivity contribution is 5.03. The molecule has 0 spiro atoms. The van der Waals surface area contributed by atoms with E-state index in [4.69, 9.17) is 99.5 Å². The molecule has 35 atom stereocenters. The van der Waals surface area contributed by atoms with Crippen molar-refractivity contribution in [3.8, 4) is 0 Å². The van der Waals surface area contributed by atoms with Crippen molar-refractivity contribution in [2.75, 3.05) is 46.2 Å². The summed E-state index contributed by atoms with van der Waals surface area (Å²) in [5.41, 5.74) is -6.32. The molecule has 0 saturated carbocycles. The molecule has 35 heteroatoms. The number of aliphatic hydroxyl groups is 14. The van der Waals surface area contributed by atoms with Crippen molar-refractivity contribution in [1.82, 2.24) is 0 Å². The van der Waals surface area contributed by atoms with Gasteiger partial charge < -0.3 is 171 Å². The molecule has 0 unspecified atom stereocenters. The maximum atomic E-state index is 12.3. The minimum Gasteiger partial charge on any atom is -0.387 e. The van der Waals surface area contributed by atoms with E-state index in [1.807, 2.05) is 0 Å². The second-order valence-corrected chi connectivity index (χ2v) is 35.3. The monoisotopic (exact) mass is 1530 g/mol. The molecule has 0 aliphatic carbocycles. The standard InChI is InChI=1S/C70H126O35/c1-64(2,3)85-22-29-50-36(71)43(78)57(92-29)100-51-30(23-86-65(4,5)6)94-59(45(80)38(51)73)102-53-32(25-88-67(10,11)12)96-61(47(82)40(53)75)104-55-34(27-90-69(16,17)18)98-63(49(84)42(55)77)105-56-35(28-91-70(19,20)21)97-62(48(83)41(56)76)103-54-33(26-89-68(13,14)15)95-60(46(81)39(54)74)101-52-31(24-87-66(7,8)9)93-58(99-50)44(79)37(52)72/h29-63,71-84H,22-28H2,1-21H3/t29-,30-,31-,32-,33-,34-,35-,36-,37-,38-,39-,40-,41-,42-,43-,44-,45-,46-,47-,48-,49-,50-,51-,52-,53-,54-,55-,56-,57-,58-,59-,60-,61-,62-,63-/m1/s1. The molecule has 21 rings (SSSR count). The van der Waals surface area contributed by atoms with Gasteiger partial charge in [-0.15, -0.1) is 0 Å². The summed E-state index contributed by atoms with van der Waals surface area (Å²) < 4.78 is 132. The Morgan fingerprint density at radius 2 is 0.257 bits per heavy atom. The van der Waals surface area contributed by atoms with E-state index in [1.54, 1.807) is 145 Å². The van der Waals surface area contributed by atoms with Crippen molar-refractivity contribution >= 4 is 0 Å². The van der Waals surface area contributed by atoms with Crippen LogP contribution in [0.2, 0.25) is 0 Å². The predicted octanol–water partition coefficient (Wildman–Crippen LogP) is -2.47. The third-order valence-corrected chi connectivity index (χ3v) is 18.3. The number of ether oxygens (including phenoxy) is 21. The lowest BCUT2D eigenvalue weighted by molar-refractivity contribution is -0.399. The molecule has 0 aromatic rings. The van der Waals surface area contributed by atoms with Crippen LogP contribution in [0.1, 0.15) is 145 Å². The summed E-state index contributed by atoms with van der Waals surface area (Å²) in [7, 11) is 0. The molecule has 21 heterocycles. The first-order valence-corrected chi connectivity index (χ1v) is 36.4. The van der Waals surface area contributed by atoms with Crippen molar-refractivity contribution in [3.63, 3.8) is 0 Å². The minimum atomic E-state index is -2.11. The number of aliphatic hydroxyl groups excluding tert-OH is 14. The average molecular weight is 1530 g/mol. The van der Waals surface area contributed by atoms with Crippen LogP contribution in [-0.2, 0) is 99.5 Å². The number of hydrogen-bond acceptors (Lipinski definition) is 35. The molecule has 105 heavy (non-hydrogen) atoms. The molecular formula is C70H126O35. The van der Waals surface area contributed by atoms with Gasteiger partial charge in [0.2, 0.25) is 0 Å². The normalized spacial score (nSPS) is 45.0. The molecule has 0 radical (unpaired) electrons. The first kappa shape index (κ1) is 89.2. The lowest BCUT2D eigenvalue weighted by atomic mass is 9.95. The fraction of sp³-hybridized carbons (Fsp3) is 1.00. The second kappa shape index (κ2) is 35.1. The first-order valence-electron chi connectivity index (χ1n) is 36.4. The van der Waals surface area contributed by atoms with Crippen LogP contribution in [-0.4, -0.2) is 372 Å². The van der Waals surface area contributed by atoms with Gasteiger partial charge in [-0.05, 0) is 145 Å². The number of hydrogen-bond donors (Lipinski definition) is 14. The molecule has 0 aromatic heterocycles. The summed E-state index contributed by atoms with van der Waals surface area (Å²) in [5, 5.41) is 171. The van der Waals surface area contributed by atoms with Crippen LogP contribution in [0.25, 0.3) is 0 Å². The van der Waals surface area contributed by atoms with Crippen molar-refractivity contribution in [2.45, 2.75) is 400 Å². The van der Waals surface area contributed by atoms with E-state index in [2.05, 4.69) is 0 Å². The lowest BCUT2D eigenvalue weighted by Gasteiger charge is -2.50. The summed E-state index contributed by atoms with van der Waals surface area (Å²) >= 11 is 0. The van der Waals surface area contributed by atoms with E-state index in [0.717, 1.165) is 0 Å².